The van der Waals surface area contributed by atoms with E-state index in [4.69, 9.17) is 4.74 Å². The van der Waals surface area contributed by atoms with Crippen molar-refractivity contribution in [3.8, 4) is 0 Å². The minimum atomic E-state index is -0.892. The summed E-state index contributed by atoms with van der Waals surface area (Å²) in [6.07, 6.45) is 15.2. The first-order valence-corrected chi connectivity index (χ1v) is 13.8. The van der Waals surface area contributed by atoms with Gasteiger partial charge in [-0.15, -0.1) is 0 Å². The van der Waals surface area contributed by atoms with Gasteiger partial charge in [0.2, 0.25) is 0 Å². The molecule has 2 heteroatoms. The molecule has 0 aromatic carbocycles. The van der Waals surface area contributed by atoms with E-state index in [1.54, 1.807) is 0 Å². The Morgan fingerprint density at radius 2 is 1.32 bits per heavy atom. The zero-order valence-electron chi connectivity index (χ0n) is 21.2. The second-order valence-corrected chi connectivity index (χ2v) is 14.8. The highest BCUT2D eigenvalue weighted by molar-refractivity contribution is 5.22. The molecule has 176 valence electrons. The van der Waals surface area contributed by atoms with Gasteiger partial charge in [-0.05, 0) is 116 Å². The first-order valence-electron chi connectivity index (χ1n) is 13.8. The SMILES string of the molecule is CC1(C)CCCC2C1CCC1(C)C2(C)CCC2C34CCC(C3CCC21C)C(C)(O)OC4. The van der Waals surface area contributed by atoms with Crippen LogP contribution in [0.3, 0.4) is 0 Å². The van der Waals surface area contributed by atoms with Gasteiger partial charge in [0.1, 0.15) is 0 Å². The second-order valence-electron chi connectivity index (χ2n) is 14.8. The van der Waals surface area contributed by atoms with E-state index in [0.29, 0.717) is 38.9 Å². The van der Waals surface area contributed by atoms with Crippen LogP contribution in [0, 0.1) is 56.7 Å². The van der Waals surface area contributed by atoms with Crippen LogP contribution in [0.1, 0.15) is 112 Å². The standard InChI is InChI=1S/C29H48O2/c1-24(2)13-7-8-20-19(24)10-16-27(5)25(20,3)15-12-23-26(27,4)14-9-22-21-11-17-29(22,23)18-31-28(21,6)30/h19-23,30H,7-18H2,1-6H3. The van der Waals surface area contributed by atoms with E-state index in [-0.39, 0.29) is 0 Å². The summed E-state index contributed by atoms with van der Waals surface area (Å²) in [5, 5.41) is 11.0. The lowest BCUT2D eigenvalue weighted by Crippen LogP contribution is -2.69. The molecule has 6 rings (SSSR count). The number of rotatable bonds is 0. The van der Waals surface area contributed by atoms with E-state index in [0.717, 1.165) is 24.4 Å². The number of aliphatic hydroxyl groups is 1. The van der Waals surface area contributed by atoms with E-state index in [2.05, 4.69) is 34.6 Å². The normalized spacial score (nSPS) is 62.2. The first-order chi connectivity index (χ1) is 14.4. The van der Waals surface area contributed by atoms with Crippen LogP contribution in [0.4, 0.5) is 0 Å². The molecule has 0 aromatic heterocycles. The fraction of sp³-hybridized carbons (Fsp3) is 1.00. The van der Waals surface area contributed by atoms with Crippen LogP contribution in [-0.2, 0) is 4.74 Å². The van der Waals surface area contributed by atoms with Gasteiger partial charge >= 0.3 is 0 Å². The lowest BCUT2D eigenvalue weighted by atomic mass is 9.30. The van der Waals surface area contributed by atoms with Gasteiger partial charge < -0.3 is 9.84 Å². The van der Waals surface area contributed by atoms with E-state index < -0.39 is 5.79 Å². The van der Waals surface area contributed by atoms with Crippen molar-refractivity contribution in [3.63, 3.8) is 0 Å². The summed E-state index contributed by atoms with van der Waals surface area (Å²) in [5.74, 6) is 2.79. The van der Waals surface area contributed by atoms with Gasteiger partial charge in [0.25, 0.3) is 0 Å². The molecule has 5 saturated carbocycles. The molecule has 1 saturated heterocycles. The molecule has 1 N–H and O–H groups in total. The molecule has 1 aliphatic heterocycles. The predicted molar refractivity (Wildman–Crippen MR) is 125 cm³/mol. The van der Waals surface area contributed by atoms with Crippen LogP contribution in [0.25, 0.3) is 0 Å². The van der Waals surface area contributed by atoms with E-state index in [9.17, 15) is 5.11 Å². The van der Waals surface area contributed by atoms with Gasteiger partial charge in [-0.1, -0.05) is 41.0 Å². The Balaban J connectivity index is 1.40. The molecule has 10 unspecified atom stereocenters. The third-order valence-electron chi connectivity index (χ3n) is 14.0. The molecule has 0 spiro atoms. The van der Waals surface area contributed by atoms with Crippen LogP contribution < -0.4 is 0 Å². The molecule has 0 radical (unpaired) electrons. The molecule has 6 aliphatic rings. The average molecular weight is 429 g/mol. The van der Waals surface area contributed by atoms with Crippen LogP contribution in [0.15, 0.2) is 0 Å². The quantitative estimate of drug-likeness (QED) is 0.442. The van der Waals surface area contributed by atoms with Crippen LogP contribution in [0.5, 0.6) is 0 Å². The maximum Gasteiger partial charge on any atom is 0.165 e. The molecular weight excluding hydrogens is 380 g/mol. The molecule has 10 atom stereocenters. The van der Waals surface area contributed by atoms with Gasteiger partial charge in [0.05, 0.1) is 6.61 Å². The molecule has 0 aromatic rings. The first kappa shape index (κ1) is 21.5. The summed E-state index contributed by atoms with van der Waals surface area (Å²) in [6.45, 7) is 16.2. The zero-order chi connectivity index (χ0) is 22.1. The van der Waals surface area contributed by atoms with E-state index in [1.807, 2.05) is 6.92 Å². The second kappa shape index (κ2) is 6.12. The molecule has 0 amide bonds. The van der Waals surface area contributed by atoms with E-state index in [1.165, 1.54) is 70.6 Å². The number of hydrogen-bond acceptors (Lipinski definition) is 2. The number of hydrogen-bond donors (Lipinski definition) is 1. The van der Waals surface area contributed by atoms with Crippen molar-refractivity contribution in [2.45, 2.75) is 118 Å². The molecule has 31 heavy (non-hydrogen) atoms. The Morgan fingerprint density at radius 3 is 2.10 bits per heavy atom. The molecule has 6 fully saturated rings. The number of ether oxygens (including phenoxy) is 1. The minimum absolute atomic E-state index is 0.340. The van der Waals surface area contributed by atoms with Gasteiger partial charge in [-0.25, -0.2) is 0 Å². The minimum Gasteiger partial charge on any atom is -0.365 e. The van der Waals surface area contributed by atoms with Crippen molar-refractivity contribution >= 4 is 0 Å². The van der Waals surface area contributed by atoms with Crippen LogP contribution in [0.2, 0.25) is 0 Å². The maximum absolute atomic E-state index is 11.0. The zero-order valence-corrected chi connectivity index (χ0v) is 21.2. The Hall–Kier alpha value is -0.0800. The van der Waals surface area contributed by atoms with E-state index >= 15 is 0 Å². The van der Waals surface area contributed by atoms with Crippen molar-refractivity contribution in [2.75, 3.05) is 6.61 Å². The summed E-state index contributed by atoms with van der Waals surface area (Å²) >= 11 is 0. The van der Waals surface area contributed by atoms with Crippen molar-refractivity contribution in [1.29, 1.82) is 0 Å². The molecule has 5 aliphatic carbocycles. The lowest BCUT2D eigenvalue weighted by molar-refractivity contribution is -0.321. The molecule has 1 heterocycles. The average Bonchev–Trinajstić information content (AvgIpc) is 3.02. The van der Waals surface area contributed by atoms with Gasteiger partial charge in [-0.3, -0.25) is 0 Å². The summed E-state index contributed by atoms with van der Waals surface area (Å²) < 4.78 is 6.27. The Morgan fingerprint density at radius 1 is 0.645 bits per heavy atom. The highest BCUT2D eigenvalue weighted by atomic mass is 16.6. The van der Waals surface area contributed by atoms with Crippen LogP contribution >= 0.6 is 0 Å². The van der Waals surface area contributed by atoms with Crippen molar-refractivity contribution < 1.29 is 9.84 Å². The maximum atomic E-state index is 11.0. The van der Waals surface area contributed by atoms with Gasteiger partial charge in [-0.2, -0.15) is 0 Å². The summed E-state index contributed by atoms with van der Waals surface area (Å²) in [7, 11) is 0. The van der Waals surface area contributed by atoms with Crippen molar-refractivity contribution in [3.05, 3.63) is 0 Å². The third-order valence-corrected chi connectivity index (χ3v) is 14.0. The van der Waals surface area contributed by atoms with Crippen molar-refractivity contribution in [2.24, 2.45) is 56.7 Å². The Kier molecular flexibility index (Phi) is 4.24. The summed E-state index contributed by atoms with van der Waals surface area (Å²) in [6, 6.07) is 0. The largest absolute Gasteiger partial charge is 0.365 e. The third kappa shape index (κ3) is 2.34. The fourth-order valence-corrected chi connectivity index (χ4v) is 12.0. The topological polar surface area (TPSA) is 29.5 Å². The number of fused-ring (bicyclic) bond motifs is 5. The smallest absolute Gasteiger partial charge is 0.165 e. The van der Waals surface area contributed by atoms with Crippen molar-refractivity contribution in [1.82, 2.24) is 0 Å². The summed E-state index contributed by atoms with van der Waals surface area (Å²) in [4.78, 5) is 0. The molecule has 2 bridgehead atoms. The van der Waals surface area contributed by atoms with Crippen LogP contribution in [-0.4, -0.2) is 17.5 Å². The molecular formula is C29H48O2. The predicted octanol–water partition coefficient (Wildman–Crippen LogP) is 7.20. The molecule has 2 nitrogen and oxygen atoms in total. The fourth-order valence-electron chi connectivity index (χ4n) is 12.0. The highest BCUT2D eigenvalue weighted by Gasteiger charge is 2.74. The van der Waals surface area contributed by atoms with Gasteiger partial charge in [0, 0.05) is 11.3 Å². The lowest BCUT2D eigenvalue weighted by Gasteiger charge is -2.75. The van der Waals surface area contributed by atoms with Gasteiger partial charge in [0.15, 0.2) is 5.79 Å². The highest BCUT2D eigenvalue weighted by Crippen LogP contribution is 2.80. The summed E-state index contributed by atoms with van der Waals surface area (Å²) in [5.41, 5.74) is 2.22. The monoisotopic (exact) mass is 428 g/mol. The Bertz CT molecular complexity index is 771. The Labute approximate surface area is 191 Å².